The number of hydrogen-bond donors (Lipinski definition) is 0. The van der Waals surface area contributed by atoms with Crippen molar-refractivity contribution in [3.05, 3.63) is 29.8 Å². The van der Waals surface area contributed by atoms with Gasteiger partial charge in [0.2, 0.25) is 0 Å². The lowest BCUT2D eigenvalue weighted by Gasteiger charge is -2.02. The lowest BCUT2D eigenvalue weighted by Crippen LogP contribution is -1.88. The van der Waals surface area contributed by atoms with E-state index in [0.29, 0.717) is 6.42 Å². The van der Waals surface area contributed by atoms with Gasteiger partial charge in [-0.25, -0.2) is 0 Å². The van der Waals surface area contributed by atoms with Gasteiger partial charge in [0, 0.05) is 0 Å². The fourth-order valence-electron chi connectivity index (χ4n) is 1.10. The first-order valence-corrected chi connectivity index (χ1v) is 4.05. The minimum absolute atomic E-state index is 0.253. The van der Waals surface area contributed by atoms with Crippen molar-refractivity contribution in [2.24, 2.45) is 0 Å². The first-order chi connectivity index (χ1) is 5.86. The van der Waals surface area contributed by atoms with Crippen molar-refractivity contribution in [3.8, 4) is 5.75 Å². The van der Waals surface area contributed by atoms with E-state index in [1.165, 1.54) is 0 Å². The smallest absolute Gasteiger partial charge is 0.119 e. The van der Waals surface area contributed by atoms with E-state index in [0.717, 1.165) is 17.7 Å². The molecule has 0 aromatic heterocycles. The minimum Gasteiger partial charge on any atom is -0.497 e. The molecule has 0 amide bonds. The van der Waals surface area contributed by atoms with Crippen molar-refractivity contribution < 1.29 is 9.13 Å². The van der Waals surface area contributed by atoms with Gasteiger partial charge in [0.05, 0.1) is 13.8 Å². The molecule has 0 aliphatic carbocycles. The Morgan fingerprint density at radius 2 is 2.25 bits per heavy atom. The van der Waals surface area contributed by atoms with Crippen LogP contribution in [0.3, 0.4) is 0 Å². The molecule has 0 N–H and O–H groups in total. The molecule has 1 rings (SSSR count). The van der Waals surface area contributed by atoms with Gasteiger partial charge in [-0.15, -0.1) is 0 Å². The van der Waals surface area contributed by atoms with Crippen LogP contribution < -0.4 is 4.74 Å². The largest absolute Gasteiger partial charge is 0.497 e. The average Bonchev–Trinajstić information content (AvgIpc) is 2.15. The third-order valence-corrected chi connectivity index (χ3v) is 1.73. The molecule has 0 saturated heterocycles. The number of methoxy groups -OCH3 is 1. The van der Waals surface area contributed by atoms with Gasteiger partial charge in [-0.2, -0.15) is 0 Å². The summed E-state index contributed by atoms with van der Waals surface area (Å²) in [5.41, 5.74) is 1.13. The second-order valence-electron chi connectivity index (χ2n) is 2.64. The predicted molar refractivity (Wildman–Crippen MR) is 47.3 cm³/mol. The highest BCUT2D eigenvalue weighted by molar-refractivity contribution is 5.28. The molecule has 2 heteroatoms. The number of rotatable bonds is 4. The lowest BCUT2D eigenvalue weighted by atomic mass is 10.1. The van der Waals surface area contributed by atoms with Crippen LogP contribution in [0.2, 0.25) is 0 Å². The summed E-state index contributed by atoms with van der Waals surface area (Å²) in [6.45, 7) is -0.253. The van der Waals surface area contributed by atoms with Crippen LogP contribution in [0, 0.1) is 0 Å². The maximum absolute atomic E-state index is 11.8. The maximum Gasteiger partial charge on any atom is 0.119 e. The van der Waals surface area contributed by atoms with E-state index >= 15 is 0 Å². The molecule has 1 aromatic carbocycles. The Labute approximate surface area is 72.2 Å². The van der Waals surface area contributed by atoms with Crippen molar-refractivity contribution in [2.45, 2.75) is 12.8 Å². The number of ether oxygens (including phenoxy) is 1. The van der Waals surface area contributed by atoms with E-state index in [9.17, 15) is 4.39 Å². The summed E-state index contributed by atoms with van der Waals surface area (Å²) >= 11 is 0. The van der Waals surface area contributed by atoms with Crippen molar-refractivity contribution in [2.75, 3.05) is 13.8 Å². The third-order valence-electron chi connectivity index (χ3n) is 1.73. The molecule has 0 fully saturated rings. The zero-order valence-corrected chi connectivity index (χ0v) is 7.22. The Morgan fingerprint density at radius 3 is 2.92 bits per heavy atom. The molecule has 66 valence electrons. The Kier molecular flexibility index (Phi) is 3.58. The fraction of sp³-hybridized carbons (Fsp3) is 0.400. The molecule has 0 spiro atoms. The first-order valence-electron chi connectivity index (χ1n) is 4.05. The molecule has 1 nitrogen and oxygen atoms in total. The van der Waals surface area contributed by atoms with Gasteiger partial charge in [-0.3, -0.25) is 4.39 Å². The van der Waals surface area contributed by atoms with E-state index in [2.05, 4.69) is 0 Å². The Bertz CT molecular complexity index is 235. The molecule has 0 bridgehead atoms. The predicted octanol–water partition coefficient (Wildman–Crippen LogP) is 2.60. The summed E-state index contributed by atoms with van der Waals surface area (Å²) in [5.74, 6) is 0.839. The lowest BCUT2D eigenvalue weighted by molar-refractivity contribution is 0.414. The summed E-state index contributed by atoms with van der Waals surface area (Å²) in [5, 5.41) is 0. The second kappa shape index (κ2) is 4.75. The number of benzene rings is 1. The van der Waals surface area contributed by atoms with Crippen molar-refractivity contribution >= 4 is 0 Å². The zero-order chi connectivity index (χ0) is 8.81. The van der Waals surface area contributed by atoms with Crippen molar-refractivity contribution in [1.29, 1.82) is 0 Å². The molecule has 0 unspecified atom stereocenters. The highest BCUT2D eigenvalue weighted by Crippen LogP contribution is 2.13. The van der Waals surface area contributed by atoms with Crippen LogP contribution in [0.4, 0.5) is 4.39 Å². The topological polar surface area (TPSA) is 9.23 Å². The van der Waals surface area contributed by atoms with Gasteiger partial charge in [0.15, 0.2) is 0 Å². The van der Waals surface area contributed by atoms with Crippen LogP contribution in [0.25, 0.3) is 0 Å². The summed E-state index contributed by atoms with van der Waals surface area (Å²) in [7, 11) is 1.63. The molecular weight excluding hydrogens is 155 g/mol. The van der Waals surface area contributed by atoms with E-state index in [1.807, 2.05) is 24.3 Å². The molecule has 0 saturated carbocycles. The summed E-state index contributed by atoms with van der Waals surface area (Å²) < 4.78 is 16.9. The Hall–Kier alpha value is -1.05. The molecule has 0 heterocycles. The normalized spacial score (nSPS) is 9.83. The van der Waals surface area contributed by atoms with Crippen LogP contribution >= 0.6 is 0 Å². The van der Waals surface area contributed by atoms with Gasteiger partial charge >= 0.3 is 0 Å². The number of halogens is 1. The van der Waals surface area contributed by atoms with E-state index in [1.54, 1.807) is 7.11 Å². The highest BCUT2D eigenvalue weighted by atomic mass is 19.1. The zero-order valence-electron chi connectivity index (χ0n) is 7.22. The molecular formula is C10H13FO. The number of alkyl halides is 1. The summed E-state index contributed by atoms with van der Waals surface area (Å²) in [6, 6.07) is 7.74. The number of aryl methyl sites for hydroxylation is 1. The monoisotopic (exact) mass is 168 g/mol. The summed E-state index contributed by atoms with van der Waals surface area (Å²) in [4.78, 5) is 0. The molecule has 0 aliphatic heterocycles. The van der Waals surface area contributed by atoms with Crippen molar-refractivity contribution in [1.82, 2.24) is 0 Å². The van der Waals surface area contributed by atoms with E-state index in [-0.39, 0.29) is 6.67 Å². The number of hydrogen-bond acceptors (Lipinski definition) is 1. The van der Waals surface area contributed by atoms with Gasteiger partial charge in [0.1, 0.15) is 5.75 Å². The second-order valence-corrected chi connectivity index (χ2v) is 2.64. The SMILES string of the molecule is COc1cccc(CCCF)c1. The van der Waals surface area contributed by atoms with Crippen LogP contribution in [-0.4, -0.2) is 13.8 Å². The van der Waals surface area contributed by atoms with Crippen LogP contribution in [0.15, 0.2) is 24.3 Å². The average molecular weight is 168 g/mol. The van der Waals surface area contributed by atoms with Crippen LogP contribution in [-0.2, 0) is 6.42 Å². The fourth-order valence-corrected chi connectivity index (χ4v) is 1.10. The third kappa shape index (κ3) is 2.53. The maximum atomic E-state index is 11.8. The van der Waals surface area contributed by atoms with Gasteiger partial charge in [-0.05, 0) is 30.5 Å². The quantitative estimate of drug-likeness (QED) is 0.671. The van der Waals surface area contributed by atoms with Gasteiger partial charge in [0.25, 0.3) is 0 Å². The van der Waals surface area contributed by atoms with Crippen LogP contribution in [0.1, 0.15) is 12.0 Å². The van der Waals surface area contributed by atoms with Crippen molar-refractivity contribution in [3.63, 3.8) is 0 Å². The minimum atomic E-state index is -0.253. The van der Waals surface area contributed by atoms with Gasteiger partial charge < -0.3 is 4.74 Å². The van der Waals surface area contributed by atoms with Gasteiger partial charge in [-0.1, -0.05) is 12.1 Å². The van der Waals surface area contributed by atoms with E-state index < -0.39 is 0 Å². The standard InChI is InChI=1S/C10H13FO/c1-12-10-6-2-4-9(8-10)5-3-7-11/h2,4,6,8H,3,5,7H2,1H3. The first kappa shape index (κ1) is 9.04. The van der Waals surface area contributed by atoms with Crippen LogP contribution in [0.5, 0.6) is 5.75 Å². The Morgan fingerprint density at radius 1 is 1.42 bits per heavy atom. The summed E-state index contributed by atoms with van der Waals surface area (Å²) in [6.07, 6.45) is 1.38. The molecule has 12 heavy (non-hydrogen) atoms. The molecule has 1 aromatic rings. The van der Waals surface area contributed by atoms with E-state index in [4.69, 9.17) is 4.74 Å². The Balaban J connectivity index is 2.60. The molecule has 0 atom stereocenters. The molecule has 0 radical (unpaired) electrons. The molecule has 0 aliphatic rings. The highest BCUT2D eigenvalue weighted by Gasteiger charge is 1.94.